The van der Waals surface area contributed by atoms with Crippen LogP contribution >= 0.6 is 11.3 Å². The lowest BCUT2D eigenvalue weighted by Gasteiger charge is -2.24. The predicted molar refractivity (Wildman–Crippen MR) is 116 cm³/mol. The van der Waals surface area contributed by atoms with E-state index in [1.165, 1.54) is 12.5 Å². The number of rotatable bonds is 6. The van der Waals surface area contributed by atoms with Crippen LogP contribution in [-0.2, 0) is 14.3 Å². The Morgan fingerprint density at radius 1 is 1.09 bits per heavy atom. The van der Waals surface area contributed by atoms with Crippen LogP contribution in [-0.4, -0.2) is 40.8 Å². The Bertz CT molecular complexity index is 1170. The Morgan fingerprint density at radius 2 is 1.75 bits per heavy atom. The minimum atomic E-state index is -1.23. The summed E-state index contributed by atoms with van der Waals surface area (Å²) in [7, 11) is 1.23. The van der Waals surface area contributed by atoms with Crippen molar-refractivity contribution in [2.24, 2.45) is 0 Å². The van der Waals surface area contributed by atoms with Gasteiger partial charge in [0.2, 0.25) is 0 Å². The van der Waals surface area contributed by atoms with Gasteiger partial charge < -0.3 is 10.1 Å². The van der Waals surface area contributed by atoms with Crippen LogP contribution in [0.1, 0.15) is 33.7 Å². The Labute approximate surface area is 187 Å². The van der Waals surface area contributed by atoms with E-state index < -0.39 is 35.9 Å². The maximum absolute atomic E-state index is 13.2. The number of ether oxygens (including phenoxy) is 1. The van der Waals surface area contributed by atoms with Gasteiger partial charge in [0.15, 0.2) is 10.8 Å². The maximum atomic E-state index is 13.2. The lowest BCUT2D eigenvalue weighted by Crippen LogP contribution is -2.41. The van der Waals surface area contributed by atoms with Crippen LogP contribution in [0, 0.1) is 0 Å². The minimum Gasteiger partial charge on any atom is -0.464 e. The molecule has 0 aliphatic carbocycles. The molecular formula is C22H18N4O5S. The number of imide groups is 1. The summed E-state index contributed by atoms with van der Waals surface area (Å²) in [5.74, 6) is -1.82. The molecule has 0 radical (unpaired) electrons. The monoisotopic (exact) mass is 450 g/mol. The molecule has 0 bridgehead atoms. The fourth-order valence-corrected chi connectivity index (χ4v) is 4.05. The van der Waals surface area contributed by atoms with E-state index in [1.54, 1.807) is 60.7 Å². The predicted octanol–water partition coefficient (Wildman–Crippen LogP) is 2.90. The number of urea groups is 1. The molecule has 2 aromatic carbocycles. The van der Waals surface area contributed by atoms with Crippen LogP contribution in [0.4, 0.5) is 9.93 Å². The van der Waals surface area contributed by atoms with Gasteiger partial charge in [0, 0.05) is 5.38 Å². The highest BCUT2D eigenvalue weighted by Gasteiger charge is 2.46. The molecule has 0 unspecified atom stereocenters. The van der Waals surface area contributed by atoms with E-state index in [4.69, 9.17) is 0 Å². The molecule has 2 atom stereocenters. The second kappa shape index (κ2) is 8.98. The van der Waals surface area contributed by atoms with E-state index in [2.05, 4.69) is 20.4 Å². The van der Waals surface area contributed by atoms with Crippen molar-refractivity contribution < 1.29 is 23.9 Å². The number of esters is 1. The van der Waals surface area contributed by atoms with Crippen molar-refractivity contribution in [2.75, 3.05) is 12.4 Å². The molecule has 1 aliphatic heterocycles. The zero-order chi connectivity index (χ0) is 22.7. The summed E-state index contributed by atoms with van der Waals surface area (Å²) in [5.41, 5.74) is 1.11. The van der Waals surface area contributed by atoms with Crippen molar-refractivity contribution in [1.29, 1.82) is 0 Å². The molecule has 9 nitrogen and oxygen atoms in total. The summed E-state index contributed by atoms with van der Waals surface area (Å²) in [6, 6.07) is 14.5. The highest BCUT2D eigenvalue weighted by Crippen LogP contribution is 2.31. The van der Waals surface area contributed by atoms with Crippen LogP contribution in [0.25, 0.3) is 0 Å². The number of hydrogen-bond acceptors (Lipinski definition) is 7. The standard InChI is InChI=1S/C22H18N4O5S/c1-31-20(29)15-12-32-21(23-15)25-18(27)17(14-10-6-3-7-11-14)26-19(28)16(24-22(26)30)13-8-4-2-5-9-13/h2-12,16-17H,1H3,(H,24,30)(H,23,25,27)/t16-,17-/m0/s1. The van der Waals surface area contributed by atoms with Crippen LogP contribution in [0.2, 0.25) is 0 Å². The molecular weight excluding hydrogens is 432 g/mol. The molecule has 1 fully saturated rings. The van der Waals surface area contributed by atoms with Gasteiger partial charge in [0.05, 0.1) is 7.11 Å². The van der Waals surface area contributed by atoms with Gasteiger partial charge in [-0.3, -0.25) is 14.9 Å². The Balaban J connectivity index is 1.65. The zero-order valence-corrected chi connectivity index (χ0v) is 17.7. The molecule has 32 heavy (non-hydrogen) atoms. The largest absolute Gasteiger partial charge is 0.464 e. The van der Waals surface area contributed by atoms with Gasteiger partial charge in [-0.1, -0.05) is 60.7 Å². The highest BCUT2D eigenvalue weighted by atomic mass is 32.1. The third-order valence-electron chi connectivity index (χ3n) is 4.85. The molecule has 2 heterocycles. The number of thiazole rings is 1. The first-order valence-corrected chi connectivity index (χ1v) is 10.5. The van der Waals surface area contributed by atoms with Crippen molar-refractivity contribution in [3.63, 3.8) is 0 Å². The summed E-state index contributed by atoms with van der Waals surface area (Å²) >= 11 is 1.03. The summed E-state index contributed by atoms with van der Waals surface area (Å²) in [4.78, 5) is 55.9. The highest BCUT2D eigenvalue weighted by molar-refractivity contribution is 7.14. The molecule has 1 aromatic heterocycles. The zero-order valence-electron chi connectivity index (χ0n) is 16.8. The average molecular weight is 450 g/mol. The van der Waals surface area contributed by atoms with Gasteiger partial charge in [-0.2, -0.15) is 0 Å². The molecule has 0 spiro atoms. The van der Waals surface area contributed by atoms with E-state index in [1.807, 2.05) is 0 Å². The molecule has 1 aliphatic rings. The fraction of sp³-hybridized carbons (Fsp3) is 0.136. The first-order valence-electron chi connectivity index (χ1n) is 9.57. The third-order valence-corrected chi connectivity index (χ3v) is 5.61. The van der Waals surface area contributed by atoms with Gasteiger partial charge in [-0.15, -0.1) is 11.3 Å². The van der Waals surface area contributed by atoms with E-state index in [9.17, 15) is 19.2 Å². The number of aromatic nitrogens is 1. The smallest absolute Gasteiger partial charge is 0.357 e. The van der Waals surface area contributed by atoms with E-state index >= 15 is 0 Å². The number of methoxy groups -OCH3 is 1. The van der Waals surface area contributed by atoms with Gasteiger partial charge in [0.1, 0.15) is 12.1 Å². The Kier molecular flexibility index (Phi) is 5.95. The lowest BCUT2D eigenvalue weighted by atomic mass is 10.0. The minimum absolute atomic E-state index is 0.0446. The number of anilines is 1. The number of benzene rings is 2. The van der Waals surface area contributed by atoms with Crippen molar-refractivity contribution >= 4 is 40.3 Å². The van der Waals surface area contributed by atoms with Crippen molar-refractivity contribution in [3.8, 4) is 0 Å². The van der Waals surface area contributed by atoms with Crippen LogP contribution < -0.4 is 10.6 Å². The average Bonchev–Trinajstić information content (AvgIpc) is 3.40. The second-order valence-electron chi connectivity index (χ2n) is 6.83. The number of nitrogens with zero attached hydrogens (tertiary/aromatic N) is 2. The molecule has 0 saturated carbocycles. The quantitative estimate of drug-likeness (QED) is 0.440. The number of amides is 4. The molecule has 4 rings (SSSR count). The van der Waals surface area contributed by atoms with Gasteiger partial charge in [-0.05, 0) is 11.1 Å². The van der Waals surface area contributed by atoms with E-state index in [0.29, 0.717) is 11.1 Å². The second-order valence-corrected chi connectivity index (χ2v) is 7.69. The molecule has 10 heteroatoms. The van der Waals surface area contributed by atoms with Crippen molar-refractivity contribution in [1.82, 2.24) is 15.2 Å². The van der Waals surface area contributed by atoms with Gasteiger partial charge in [-0.25, -0.2) is 19.5 Å². The summed E-state index contributed by atoms with van der Waals surface area (Å²) in [6.07, 6.45) is 0. The number of hydrogen-bond donors (Lipinski definition) is 2. The Hall–Kier alpha value is -4.05. The topological polar surface area (TPSA) is 118 Å². The molecule has 1 saturated heterocycles. The normalized spacial score (nSPS) is 16.4. The van der Waals surface area contributed by atoms with Crippen LogP contribution in [0.3, 0.4) is 0 Å². The van der Waals surface area contributed by atoms with Crippen molar-refractivity contribution in [3.05, 3.63) is 82.9 Å². The number of nitrogens with one attached hydrogen (secondary N) is 2. The summed E-state index contributed by atoms with van der Waals surface area (Å²) in [5, 5.41) is 6.83. The van der Waals surface area contributed by atoms with Gasteiger partial charge >= 0.3 is 12.0 Å². The molecule has 162 valence electrons. The lowest BCUT2D eigenvalue weighted by molar-refractivity contribution is -0.134. The molecule has 4 amide bonds. The number of carbonyl (C=O) groups excluding carboxylic acids is 4. The molecule has 2 N–H and O–H groups in total. The maximum Gasteiger partial charge on any atom is 0.357 e. The van der Waals surface area contributed by atoms with E-state index in [-0.39, 0.29) is 10.8 Å². The third kappa shape index (κ3) is 4.08. The van der Waals surface area contributed by atoms with Crippen molar-refractivity contribution in [2.45, 2.75) is 12.1 Å². The molecule has 3 aromatic rings. The first kappa shape index (κ1) is 21.2. The SMILES string of the molecule is COC(=O)c1csc(NC(=O)[C@H](c2ccccc2)N2C(=O)N[C@@H](c3ccccc3)C2=O)n1. The summed E-state index contributed by atoms with van der Waals surface area (Å²) in [6.45, 7) is 0. The Morgan fingerprint density at radius 3 is 2.41 bits per heavy atom. The first-order chi connectivity index (χ1) is 15.5. The van der Waals surface area contributed by atoms with Gasteiger partial charge in [0.25, 0.3) is 11.8 Å². The van der Waals surface area contributed by atoms with Crippen LogP contribution in [0.5, 0.6) is 0 Å². The summed E-state index contributed by atoms with van der Waals surface area (Å²) < 4.78 is 4.62. The fourth-order valence-electron chi connectivity index (χ4n) is 3.37. The van der Waals surface area contributed by atoms with Crippen LogP contribution in [0.15, 0.2) is 66.0 Å². The van der Waals surface area contributed by atoms with E-state index in [0.717, 1.165) is 16.2 Å². The number of carbonyl (C=O) groups is 4.